The van der Waals surface area contributed by atoms with Crippen molar-refractivity contribution < 1.29 is 19.1 Å². The molecule has 0 aromatic rings. The molecule has 1 amide bonds. The van der Waals surface area contributed by atoms with Crippen LogP contribution in [0.1, 0.15) is 47.0 Å². The van der Waals surface area contributed by atoms with E-state index in [9.17, 15) is 9.59 Å². The molecule has 0 aromatic carbocycles. The number of esters is 1. The lowest BCUT2D eigenvalue weighted by Gasteiger charge is -2.38. The van der Waals surface area contributed by atoms with E-state index < -0.39 is 11.0 Å². The molecule has 2 fully saturated rings. The zero-order valence-corrected chi connectivity index (χ0v) is 14.9. The van der Waals surface area contributed by atoms with Gasteiger partial charge in [-0.15, -0.1) is 6.58 Å². The molecule has 1 aliphatic carbocycles. The van der Waals surface area contributed by atoms with Crippen molar-refractivity contribution in [3.63, 3.8) is 0 Å². The van der Waals surface area contributed by atoms with E-state index in [0.717, 1.165) is 12.8 Å². The number of hydrogen-bond donors (Lipinski definition) is 0. The molecule has 4 atom stereocenters. The Bertz CT molecular complexity index is 496. The number of ether oxygens (including phenoxy) is 2. The van der Waals surface area contributed by atoms with Gasteiger partial charge in [0.25, 0.3) is 0 Å². The number of rotatable bonds is 3. The molecule has 1 heterocycles. The summed E-state index contributed by atoms with van der Waals surface area (Å²) in [5.41, 5.74) is -0.949. The first-order valence-electron chi connectivity index (χ1n) is 8.33. The van der Waals surface area contributed by atoms with Gasteiger partial charge in [-0.25, -0.2) is 4.79 Å². The summed E-state index contributed by atoms with van der Waals surface area (Å²) in [4.78, 5) is 26.4. The Labute approximate surface area is 139 Å². The van der Waals surface area contributed by atoms with Gasteiger partial charge < -0.3 is 14.4 Å². The van der Waals surface area contributed by atoms with E-state index in [-0.39, 0.29) is 24.5 Å². The van der Waals surface area contributed by atoms with E-state index in [0.29, 0.717) is 18.4 Å². The third-order valence-electron chi connectivity index (χ3n) is 5.22. The lowest BCUT2D eigenvalue weighted by atomic mass is 9.77. The summed E-state index contributed by atoms with van der Waals surface area (Å²) in [6, 6.07) is -0.0380. The van der Waals surface area contributed by atoms with Gasteiger partial charge >= 0.3 is 12.1 Å². The molecule has 5 nitrogen and oxygen atoms in total. The average molecular weight is 323 g/mol. The molecule has 1 saturated carbocycles. The molecule has 0 N–H and O–H groups in total. The molecular formula is C18H29NO4. The molecule has 23 heavy (non-hydrogen) atoms. The van der Waals surface area contributed by atoms with Crippen molar-refractivity contribution in [1.82, 2.24) is 4.90 Å². The van der Waals surface area contributed by atoms with Gasteiger partial charge in [0.15, 0.2) is 0 Å². The largest absolute Gasteiger partial charge is 0.469 e. The van der Waals surface area contributed by atoms with Crippen LogP contribution in [0, 0.1) is 17.3 Å². The number of fused-ring (bicyclic) bond motifs is 1. The van der Waals surface area contributed by atoms with E-state index in [1.165, 1.54) is 7.11 Å². The van der Waals surface area contributed by atoms with Gasteiger partial charge in [-0.05, 0) is 45.4 Å². The summed E-state index contributed by atoms with van der Waals surface area (Å²) in [5.74, 6) is 0.520. The number of amides is 1. The Balaban J connectivity index is 2.29. The first-order valence-corrected chi connectivity index (χ1v) is 8.33. The van der Waals surface area contributed by atoms with E-state index in [1.807, 2.05) is 31.7 Å². The fourth-order valence-electron chi connectivity index (χ4n) is 4.20. The number of carbonyl (C=O) groups excluding carboxylic acids is 2. The van der Waals surface area contributed by atoms with Gasteiger partial charge in [-0.2, -0.15) is 0 Å². The minimum atomic E-state index is -0.532. The van der Waals surface area contributed by atoms with Crippen LogP contribution < -0.4 is 0 Å². The van der Waals surface area contributed by atoms with Crippen molar-refractivity contribution in [2.24, 2.45) is 17.3 Å². The highest BCUT2D eigenvalue weighted by atomic mass is 16.6. The molecule has 130 valence electrons. The fourth-order valence-corrected chi connectivity index (χ4v) is 4.20. The summed E-state index contributed by atoms with van der Waals surface area (Å²) in [7, 11) is 1.40. The SMILES string of the molecule is C=C[C@]1(CC(=O)OC)CC[C@@H]2[C@H](C)CN(C(=O)OC(C)(C)C)[C@@H]21. The van der Waals surface area contributed by atoms with Crippen LogP contribution in [-0.2, 0) is 14.3 Å². The standard InChI is InChI=1S/C18H29NO4/c1-7-18(10-14(20)22-6)9-8-13-12(2)11-19(15(13)18)16(21)23-17(3,4)5/h7,12-13,15H,1,8-11H2,2-6H3/t12-,13-,15+,18-/m1/s1. The second-order valence-corrected chi connectivity index (χ2v) is 7.95. The topological polar surface area (TPSA) is 55.8 Å². The highest BCUT2D eigenvalue weighted by molar-refractivity contribution is 5.72. The molecule has 0 unspecified atom stereocenters. The van der Waals surface area contributed by atoms with Crippen molar-refractivity contribution >= 4 is 12.1 Å². The molecule has 1 saturated heterocycles. The quantitative estimate of drug-likeness (QED) is 0.590. The highest BCUT2D eigenvalue weighted by Crippen LogP contribution is 2.54. The number of methoxy groups -OCH3 is 1. The zero-order valence-electron chi connectivity index (χ0n) is 14.9. The average Bonchev–Trinajstić information content (AvgIpc) is 2.97. The maximum absolute atomic E-state index is 12.7. The maximum Gasteiger partial charge on any atom is 0.410 e. The van der Waals surface area contributed by atoms with Crippen LogP contribution in [0.15, 0.2) is 12.7 Å². The normalized spacial score (nSPS) is 33.3. The summed E-state index contributed by atoms with van der Waals surface area (Å²) >= 11 is 0. The minimum Gasteiger partial charge on any atom is -0.469 e. The Morgan fingerprint density at radius 3 is 2.57 bits per heavy atom. The summed E-state index contributed by atoms with van der Waals surface area (Å²) in [6.07, 6.45) is 3.66. The molecule has 5 heteroatoms. The minimum absolute atomic E-state index is 0.0380. The molecule has 0 aromatic heterocycles. The van der Waals surface area contributed by atoms with Crippen LogP contribution in [0.4, 0.5) is 4.79 Å². The third-order valence-corrected chi connectivity index (χ3v) is 5.22. The van der Waals surface area contributed by atoms with Crippen LogP contribution in [0.3, 0.4) is 0 Å². The highest BCUT2D eigenvalue weighted by Gasteiger charge is 2.57. The lowest BCUT2D eigenvalue weighted by molar-refractivity contribution is -0.143. The predicted octanol–water partition coefficient (Wildman–Crippen LogP) is 3.39. The van der Waals surface area contributed by atoms with Crippen LogP contribution in [0.2, 0.25) is 0 Å². The number of carbonyl (C=O) groups is 2. The number of likely N-dealkylation sites (tertiary alicyclic amines) is 1. The monoisotopic (exact) mass is 323 g/mol. The second-order valence-electron chi connectivity index (χ2n) is 7.95. The predicted molar refractivity (Wildman–Crippen MR) is 87.9 cm³/mol. The summed E-state index contributed by atoms with van der Waals surface area (Å²) in [6.45, 7) is 12.4. The van der Waals surface area contributed by atoms with Crippen molar-refractivity contribution in [3.8, 4) is 0 Å². The van der Waals surface area contributed by atoms with Crippen molar-refractivity contribution in [2.45, 2.75) is 58.6 Å². The Kier molecular flexibility index (Phi) is 4.79. The van der Waals surface area contributed by atoms with Crippen molar-refractivity contribution in [1.29, 1.82) is 0 Å². The Morgan fingerprint density at radius 2 is 2.04 bits per heavy atom. The van der Waals surface area contributed by atoms with Crippen LogP contribution >= 0.6 is 0 Å². The molecular weight excluding hydrogens is 294 g/mol. The van der Waals surface area contributed by atoms with Crippen molar-refractivity contribution in [2.75, 3.05) is 13.7 Å². The lowest BCUT2D eigenvalue weighted by Crippen LogP contribution is -2.48. The smallest absolute Gasteiger partial charge is 0.410 e. The van der Waals surface area contributed by atoms with Crippen LogP contribution in [-0.4, -0.2) is 42.3 Å². The number of hydrogen-bond acceptors (Lipinski definition) is 4. The Hall–Kier alpha value is -1.52. The summed E-state index contributed by atoms with van der Waals surface area (Å²) in [5, 5.41) is 0. The van der Waals surface area contributed by atoms with E-state index >= 15 is 0 Å². The molecule has 2 aliphatic rings. The maximum atomic E-state index is 12.7. The number of nitrogens with zero attached hydrogens (tertiary/aromatic N) is 1. The van der Waals surface area contributed by atoms with Gasteiger partial charge in [0.05, 0.1) is 13.5 Å². The fraction of sp³-hybridized carbons (Fsp3) is 0.778. The molecule has 2 rings (SSSR count). The second kappa shape index (κ2) is 6.17. The first-order chi connectivity index (χ1) is 10.6. The van der Waals surface area contributed by atoms with E-state index in [1.54, 1.807) is 0 Å². The Morgan fingerprint density at radius 1 is 1.39 bits per heavy atom. The van der Waals surface area contributed by atoms with Crippen LogP contribution in [0.5, 0.6) is 0 Å². The third kappa shape index (κ3) is 3.38. The van der Waals surface area contributed by atoms with E-state index in [4.69, 9.17) is 9.47 Å². The molecule has 0 bridgehead atoms. The molecule has 1 aliphatic heterocycles. The summed E-state index contributed by atoms with van der Waals surface area (Å²) < 4.78 is 10.5. The zero-order chi connectivity index (χ0) is 17.4. The van der Waals surface area contributed by atoms with Gasteiger partial charge in [-0.3, -0.25) is 4.79 Å². The molecule has 0 radical (unpaired) electrons. The van der Waals surface area contributed by atoms with Gasteiger partial charge in [0, 0.05) is 18.0 Å². The van der Waals surface area contributed by atoms with Gasteiger partial charge in [0.1, 0.15) is 5.60 Å². The van der Waals surface area contributed by atoms with Crippen molar-refractivity contribution in [3.05, 3.63) is 12.7 Å². The first kappa shape index (κ1) is 17.8. The van der Waals surface area contributed by atoms with E-state index in [2.05, 4.69) is 13.5 Å². The van der Waals surface area contributed by atoms with Crippen LogP contribution in [0.25, 0.3) is 0 Å². The van der Waals surface area contributed by atoms with Gasteiger partial charge in [-0.1, -0.05) is 13.0 Å². The van der Waals surface area contributed by atoms with Gasteiger partial charge in [0.2, 0.25) is 0 Å². The molecule has 0 spiro atoms.